The molecule has 0 saturated carbocycles. The molecule has 0 radical (unpaired) electrons. The van der Waals surface area contributed by atoms with Gasteiger partial charge in [0, 0.05) is 26.1 Å². The second-order valence-electron chi connectivity index (χ2n) is 7.66. The lowest BCUT2D eigenvalue weighted by atomic mass is 9.99. The Hall–Kier alpha value is -2.29. The summed E-state index contributed by atoms with van der Waals surface area (Å²) in [6, 6.07) is 8.78. The zero-order chi connectivity index (χ0) is 19.7. The van der Waals surface area contributed by atoms with Crippen molar-refractivity contribution in [3.8, 4) is 0 Å². The van der Waals surface area contributed by atoms with Crippen LogP contribution in [0.5, 0.6) is 0 Å². The third-order valence-corrected chi connectivity index (χ3v) is 5.60. The number of benzene rings is 1. The Kier molecular flexibility index (Phi) is 5.43. The van der Waals surface area contributed by atoms with Gasteiger partial charge in [-0.1, -0.05) is 35.5 Å². The van der Waals surface area contributed by atoms with Gasteiger partial charge < -0.3 is 19.6 Å². The quantitative estimate of drug-likeness (QED) is 0.814. The molecule has 2 fully saturated rings. The number of carbonyl (C=O) groups excluding carboxylic acids is 1. The van der Waals surface area contributed by atoms with Crippen molar-refractivity contribution in [1.82, 2.24) is 19.9 Å². The summed E-state index contributed by atoms with van der Waals surface area (Å²) in [6.45, 7) is 3.27. The van der Waals surface area contributed by atoms with Crippen molar-refractivity contribution in [2.75, 3.05) is 19.6 Å². The number of hydrogen-bond donors (Lipinski definition) is 2. The lowest BCUT2D eigenvalue weighted by Crippen LogP contribution is -2.46. The predicted molar refractivity (Wildman–Crippen MR) is 100 cm³/mol. The van der Waals surface area contributed by atoms with Crippen LogP contribution in [0.2, 0.25) is 0 Å². The zero-order valence-electron chi connectivity index (χ0n) is 15.9. The average molecular weight is 386 g/mol. The highest BCUT2D eigenvalue weighted by Gasteiger charge is 2.43. The molecule has 2 aliphatic heterocycles. The van der Waals surface area contributed by atoms with Gasteiger partial charge in [-0.05, 0) is 25.3 Å². The van der Waals surface area contributed by atoms with Crippen LogP contribution in [-0.4, -0.2) is 67.9 Å². The minimum atomic E-state index is -0.624. The Morgan fingerprint density at radius 1 is 1.18 bits per heavy atom. The first kappa shape index (κ1) is 19.0. The summed E-state index contributed by atoms with van der Waals surface area (Å²) >= 11 is 0. The predicted octanol–water partition coefficient (Wildman–Crippen LogP) is 1.21. The van der Waals surface area contributed by atoms with Gasteiger partial charge in [-0.25, -0.2) is 0 Å². The fourth-order valence-corrected chi connectivity index (χ4v) is 4.19. The number of carbonyl (C=O) groups is 1. The van der Waals surface area contributed by atoms with Gasteiger partial charge in [-0.15, -0.1) is 0 Å². The molecule has 3 heterocycles. The normalized spacial score (nSPS) is 25.2. The van der Waals surface area contributed by atoms with E-state index in [2.05, 4.69) is 15.0 Å². The van der Waals surface area contributed by atoms with Gasteiger partial charge in [0.1, 0.15) is 12.1 Å². The lowest BCUT2D eigenvalue weighted by Gasteiger charge is -2.38. The molecule has 1 aromatic heterocycles. The van der Waals surface area contributed by atoms with E-state index in [9.17, 15) is 15.0 Å². The first-order valence-corrected chi connectivity index (χ1v) is 9.78. The molecule has 0 spiro atoms. The molecule has 2 aromatic rings. The molecule has 0 aliphatic carbocycles. The number of aryl methyl sites for hydroxylation is 1. The maximum atomic E-state index is 13.7. The number of aliphatic hydroxyl groups is 2. The third-order valence-electron chi connectivity index (χ3n) is 5.60. The van der Waals surface area contributed by atoms with Gasteiger partial charge in [-0.3, -0.25) is 9.69 Å². The third kappa shape index (κ3) is 3.80. The monoisotopic (exact) mass is 386 g/mol. The average Bonchev–Trinajstić information content (AvgIpc) is 3.30. The molecule has 0 bridgehead atoms. The van der Waals surface area contributed by atoms with Gasteiger partial charge in [0.25, 0.3) is 0 Å². The Balaban J connectivity index is 1.64. The van der Waals surface area contributed by atoms with Crippen LogP contribution in [0.3, 0.4) is 0 Å². The molecule has 3 atom stereocenters. The number of rotatable bonds is 4. The Bertz CT molecular complexity index is 804. The van der Waals surface area contributed by atoms with Gasteiger partial charge in [0.05, 0.1) is 12.2 Å². The molecule has 8 heteroatoms. The number of aliphatic hydroxyl groups excluding tert-OH is 2. The van der Waals surface area contributed by atoms with Crippen LogP contribution >= 0.6 is 0 Å². The number of nitrogens with zero attached hydrogens (tertiary/aromatic N) is 4. The van der Waals surface area contributed by atoms with E-state index in [-0.39, 0.29) is 18.6 Å². The van der Waals surface area contributed by atoms with Crippen LogP contribution in [0.15, 0.2) is 34.9 Å². The number of β-amino-alcohol motifs (C(OH)–C–C–N with tert-alkyl or cyclic N) is 1. The van der Waals surface area contributed by atoms with E-state index in [1.165, 1.54) is 0 Å². The van der Waals surface area contributed by atoms with Crippen molar-refractivity contribution < 1.29 is 19.5 Å². The molecular formula is C20H26N4O4. The minimum absolute atomic E-state index is 0.0833. The minimum Gasteiger partial charge on any atom is -0.393 e. The highest BCUT2D eigenvalue weighted by Crippen LogP contribution is 2.36. The number of aromatic nitrogens is 2. The van der Waals surface area contributed by atoms with Crippen molar-refractivity contribution in [1.29, 1.82) is 0 Å². The maximum Gasteiger partial charge on any atom is 0.249 e. The van der Waals surface area contributed by atoms with Crippen LogP contribution in [0.25, 0.3) is 0 Å². The molecule has 28 heavy (non-hydrogen) atoms. The van der Waals surface area contributed by atoms with Crippen molar-refractivity contribution >= 4 is 5.91 Å². The molecule has 8 nitrogen and oxygen atoms in total. The fraction of sp³-hybridized carbons (Fsp3) is 0.550. The summed E-state index contributed by atoms with van der Waals surface area (Å²) < 4.78 is 5.31. The number of piperidine rings is 1. The number of likely N-dealkylation sites (tertiary alicyclic amines) is 2. The SMILES string of the molecule is Cc1noc([C@H]2C[C@H](O)CN2C(=O)C(c2ccccc2)N2CCC(O)CC2)n1. The highest BCUT2D eigenvalue weighted by atomic mass is 16.5. The summed E-state index contributed by atoms with van der Waals surface area (Å²) in [5.74, 6) is 0.789. The molecule has 2 aliphatic rings. The van der Waals surface area contributed by atoms with Crippen molar-refractivity contribution in [2.45, 2.75) is 50.5 Å². The molecule has 4 rings (SSSR count). The van der Waals surface area contributed by atoms with Crippen molar-refractivity contribution in [3.05, 3.63) is 47.6 Å². The van der Waals surface area contributed by atoms with Gasteiger partial charge in [0.15, 0.2) is 5.82 Å². The number of hydrogen-bond acceptors (Lipinski definition) is 7. The molecule has 1 unspecified atom stereocenters. The van der Waals surface area contributed by atoms with Crippen LogP contribution in [0.4, 0.5) is 0 Å². The van der Waals surface area contributed by atoms with E-state index >= 15 is 0 Å². The van der Waals surface area contributed by atoms with E-state index in [0.29, 0.717) is 44.1 Å². The van der Waals surface area contributed by atoms with E-state index in [4.69, 9.17) is 4.52 Å². The molecule has 1 aromatic carbocycles. The van der Waals surface area contributed by atoms with E-state index in [1.807, 2.05) is 30.3 Å². The summed E-state index contributed by atoms with van der Waals surface area (Å²) in [6.07, 6.45) is 0.733. The Labute approximate surface area is 163 Å². The van der Waals surface area contributed by atoms with Crippen molar-refractivity contribution in [3.63, 3.8) is 0 Å². The first-order valence-electron chi connectivity index (χ1n) is 9.78. The van der Waals surface area contributed by atoms with Crippen LogP contribution < -0.4 is 0 Å². The molecular weight excluding hydrogens is 360 g/mol. The fourth-order valence-electron chi connectivity index (χ4n) is 4.19. The van der Waals surface area contributed by atoms with E-state index in [0.717, 1.165) is 5.56 Å². The second-order valence-corrected chi connectivity index (χ2v) is 7.66. The zero-order valence-corrected chi connectivity index (χ0v) is 15.9. The Morgan fingerprint density at radius 3 is 2.54 bits per heavy atom. The van der Waals surface area contributed by atoms with Crippen LogP contribution in [-0.2, 0) is 4.79 Å². The molecule has 1 amide bonds. The topological polar surface area (TPSA) is 103 Å². The van der Waals surface area contributed by atoms with Crippen molar-refractivity contribution in [2.24, 2.45) is 0 Å². The lowest BCUT2D eigenvalue weighted by molar-refractivity contribution is -0.140. The smallest absolute Gasteiger partial charge is 0.249 e. The van der Waals surface area contributed by atoms with Crippen LogP contribution in [0, 0.1) is 6.92 Å². The molecule has 2 saturated heterocycles. The summed E-state index contributed by atoms with van der Waals surface area (Å²) in [5, 5.41) is 24.0. The van der Waals surface area contributed by atoms with E-state index in [1.54, 1.807) is 11.8 Å². The van der Waals surface area contributed by atoms with E-state index < -0.39 is 18.2 Å². The summed E-state index contributed by atoms with van der Waals surface area (Å²) in [4.78, 5) is 21.8. The second kappa shape index (κ2) is 7.98. The summed E-state index contributed by atoms with van der Waals surface area (Å²) in [5.41, 5.74) is 0.908. The highest BCUT2D eigenvalue weighted by molar-refractivity contribution is 5.84. The van der Waals surface area contributed by atoms with Gasteiger partial charge in [0.2, 0.25) is 11.8 Å². The van der Waals surface area contributed by atoms with Gasteiger partial charge in [-0.2, -0.15) is 4.98 Å². The largest absolute Gasteiger partial charge is 0.393 e. The molecule has 2 N–H and O–H groups in total. The summed E-state index contributed by atoms with van der Waals surface area (Å²) in [7, 11) is 0. The molecule has 150 valence electrons. The first-order chi connectivity index (χ1) is 13.5. The van der Waals surface area contributed by atoms with Gasteiger partial charge >= 0.3 is 0 Å². The maximum absolute atomic E-state index is 13.7. The number of amides is 1. The van der Waals surface area contributed by atoms with Crippen LogP contribution in [0.1, 0.15) is 48.6 Å². The Morgan fingerprint density at radius 2 is 1.89 bits per heavy atom. The standard InChI is InChI=1S/C20H26N4O4/c1-13-21-19(28-22-13)17-11-16(26)12-24(17)20(27)18(14-5-3-2-4-6-14)23-9-7-15(25)8-10-23/h2-6,15-18,25-26H,7-12H2,1H3/t16-,17+,18?/m0/s1.